The molecule has 3 nitrogen and oxygen atoms in total. The van der Waals surface area contributed by atoms with Crippen LogP contribution in [0.4, 0.5) is 0 Å². The number of nitrogens with one attached hydrogen (secondary N) is 1. The lowest BCUT2D eigenvalue weighted by atomic mass is 10.0. The third-order valence-electron chi connectivity index (χ3n) is 3.68. The van der Waals surface area contributed by atoms with Crippen molar-refractivity contribution in [3.63, 3.8) is 0 Å². The highest BCUT2D eigenvalue weighted by molar-refractivity contribution is 7.09. The predicted octanol–water partition coefficient (Wildman–Crippen LogP) is 3.89. The molecular formula is C16H22ClN3S. The highest BCUT2D eigenvalue weighted by Crippen LogP contribution is 2.20. The Hall–Kier alpha value is -0.940. The van der Waals surface area contributed by atoms with Crippen LogP contribution in [0.2, 0.25) is 5.02 Å². The summed E-state index contributed by atoms with van der Waals surface area (Å²) in [6, 6.07) is 8.44. The van der Waals surface area contributed by atoms with Gasteiger partial charge in [0.2, 0.25) is 0 Å². The molecule has 0 saturated heterocycles. The first-order valence-corrected chi connectivity index (χ1v) is 8.36. The average molecular weight is 324 g/mol. The molecule has 0 aliphatic heterocycles. The molecule has 1 aromatic heterocycles. The molecule has 0 fully saturated rings. The van der Waals surface area contributed by atoms with Crippen LogP contribution in [0.5, 0.6) is 0 Å². The fraction of sp³-hybridized carbons (Fsp3) is 0.438. The van der Waals surface area contributed by atoms with Crippen molar-refractivity contribution in [3.8, 4) is 0 Å². The second-order valence-corrected chi connectivity index (χ2v) is 6.66. The lowest BCUT2D eigenvalue weighted by Crippen LogP contribution is -2.25. The molecular weight excluding hydrogens is 302 g/mol. The van der Waals surface area contributed by atoms with E-state index in [9.17, 15) is 0 Å². The monoisotopic (exact) mass is 323 g/mol. The number of hydrogen-bond acceptors (Lipinski definition) is 4. The van der Waals surface area contributed by atoms with Crippen molar-refractivity contribution in [2.75, 3.05) is 20.6 Å². The molecule has 0 aliphatic rings. The second-order valence-electron chi connectivity index (χ2n) is 5.28. The van der Waals surface area contributed by atoms with Gasteiger partial charge in [-0.1, -0.05) is 23.7 Å². The van der Waals surface area contributed by atoms with E-state index in [2.05, 4.69) is 41.3 Å². The maximum absolute atomic E-state index is 5.95. The molecule has 1 heterocycles. The van der Waals surface area contributed by atoms with E-state index in [0.29, 0.717) is 6.04 Å². The Morgan fingerprint density at radius 1 is 1.33 bits per heavy atom. The number of hydrogen-bond donors (Lipinski definition) is 1. The smallest absolute Gasteiger partial charge is 0.0798 e. The zero-order valence-electron chi connectivity index (χ0n) is 12.8. The minimum Gasteiger partial charge on any atom is -0.313 e. The molecule has 2 aromatic rings. The molecule has 1 unspecified atom stereocenters. The fourth-order valence-electron chi connectivity index (χ4n) is 2.32. The largest absolute Gasteiger partial charge is 0.313 e. The van der Waals surface area contributed by atoms with Crippen molar-refractivity contribution < 1.29 is 0 Å². The van der Waals surface area contributed by atoms with Gasteiger partial charge >= 0.3 is 0 Å². The predicted molar refractivity (Wildman–Crippen MR) is 91.1 cm³/mol. The van der Waals surface area contributed by atoms with E-state index in [0.717, 1.165) is 30.2 Å². The van der Waals surface area contributed by atoms with Crippen molar-refractivity contribution in [2.24, 2.45) is 0 Å². The van der Waals surface area contributed by atoms with Gasteiger partial charge in [0.25, 0.3) is 0 Å². The molecule has 0 spiro atoms. The second kappa shape index (κ2) is 7.90. The summed E-state index contributed by atoms with van der Waals surface area (Å²) in [5, 5.41) is 4.17. The van der Waals surface area contributed by atoms with Crippen molar-refractivity contribution in [2.45, 2.75) is 25.9 Å². The quantitative estimate of drug-likeness (QED) is 0.838. The van der Waals surface area contributed by atoms with Crippen LogP contribution in [0.3, 0.4) is 0 Å². The molecule has 5 heteroatoms. The van der Waals surface area contributed by atoms with E-state index in [1.807, 2.05) is 24.7 Å². The Morgan fingerprint density at radius 3 is 2.62 bits per heavy atom. The van der Waals surface area contributed by atoms with Crippen LogP contribution in [-0.2, 0) is 6.54 Å². The molecule has 2 rings (SSSR count). The third kappa shape index (κ3) is 4.78. The van der Waals surface area contributed by atoms with Gasteiger partial charge in [-0.3, -0.25) is 0 Å². The van der Waals surface area contributed by atoms with Gasteiger partial charge in [0, 0.05) is 29.0 Å². The number of thiazole rings is 1. The maximum Gasteiger partial charge on any atom is 0.0798 e. The molecule has 0 aliphatic carbocycles. The van der Waals surface area contributed by atoms with Gasteiger partial charge in [0.05, 0.1) is 11.2 Å². The van der Waals surface area contributed by atoms with E-state index in [1.165, 1.54) is 10.4 Å². The zero-order valence-corrected chi connectivity index (χ0v) is 14.3. The molecule has 0 saturated carbocycles. The summed E-state index contributed by atoms with van der Waals surface area (Å²) in [6.07, 6.45) is 1.06. The summed E-state index contributed by atoms with van der Waals surface area (Å²) >= 11 is 7.68. The molecule has 114 valence electrons. The SMILES string of the molecule is CNC(CCN(C)Cc1scnc1C)c1ccc(Cl)cc1. The Kier molecular flexibility index (Phi) is 6.18. The fourth-order valence-corrected chi connectivity index (χ4v) is 3.31. The van der Waals surface area contributed by atoms with Gasteiger partial charge < -0.3 is 10.2 Å². The van der Waals surface area contributed by atoms with E-state index in [4.69, 9.17) is 11.6 Å². The van der Waals surface area contributed by atoms with Crippen molar-refractivity contribution in [1.82, 2.24) is 15.2 Å². The summed E-state index contributed by atoms with van der Waals surface area (Å²) in [4.78, 5) is 8.00. The van der Waals surface area contributed by atoms with Gasteiger partial charge in [-0.05, 0) is 45.1 Å². The summed E-state index contributed by atoms with van der Waals surface area (Å²) in [6.45, 7) is 4.07. The Morgan fingerprint density at radius 2 is 2.05 bits per heavy atom. The number of aromatic nitrogens is 1. The summed E-state index contributed by atoms with van der Waals surface area (Å²) in [7, 11) is 4.17. The molecule has 1 N–H and O–H groups in total. The first kappa shape index (κ1) is 16.4. The first-order chi connectivity index (χ1) is 10.1. The third-order valence-corrected chi connectivity index (χ3v) is 4.85. The van der Waals surface area contributed by atoms with Gasteiger partial charge in [-0.2, -0.15) is 0 Å². The normalized spacial score (nSPS) is 12.8. The highest BCUT2D eigenvalue weighted by Gasteiger charge is 2.11. The van der Waals surface area contributed by atoms with Crippen molar-refractivity contribution in [1.29, 1.82) is 0 Å². The molecule has 0 bridgehead atoms. The Bertz CT molecular complexity index is 553. The number of aryl methyl sites for hydroxylation is 1. The van der Waals surface area contributed by atoms with Crippen LogP contribution in [-0.4, -0.2) is 30.5 Å². The summed E-state index contributed by atoms with van der Waals surface area (Å²) < 4.78 is 0. The van der Waals surface area contributed by atoms with Gasteiger partial charge in [-0.25, -0.2) is 4.98 Å². The first-order valence-electron chi connectivity index (χ1n) is 7.10. The van der Waals surface area contributed by atoms with Crippen LogP contribution in [0, 0.1) is 6.92 Å². The van der Waals surface area contributed by atoms with Crippen LogP contribution in [0.25, 0.3) is 0 Å². The molecule has 1 atom stereocenters. The standard InChI is InChI=1S/C16H22ClN3S/c1-12-16(21-11-19-12)10-20(3)9-8-15(18-2)13-4-6-14(17)7-5-13/h4-7,11,15,18H,8-10H2,1-3H3. The lowest BCUT2D eigenvalue weighted by molar-refractivity contribution is 0.305. The van der Waals surface area contributed by atoms with Crippen molar-refractivity contribution >= 4 is 22.9 Å². The number of nitrogens with zero attached hydrogens (tertiary/aromatic N) is 2. The zero-order chi connectivity index (χ0) is 15.2. The van der Waals surface area contributed by atoms with Crippen LogP contribution in [0.15, 0.2) is 29.8 Å². The number of benzene rings is 1. The van der Waals surface area contributed by atoms with E-state index in [-0.39, 0.29) is 0 Å². The Balaban J connectivity index is 1.88. The topological polar surface area (TPSA) is 28.2 Å². The minimum absolute atomic E-state index is 0.354. The maximum atomic E-state index is 5.95. The van der Waals surface area contributed by atoms with Crippen LogP contribution >= 0.6 is 22.9 Å². The van der Waals surface area contributed by atoms with Gasteiger partial charge in [0.15, 0.2) is 0 Å². The Labute approximate surface area is 136 Å². The molecule has 0 radical (unpaired) electrons. The highest BCUT2D eigenvalue weighted by atomic mass is 35.5. The number of rotatable bonds is 7. The van der Waals surface area contributed by atoms with Crippen molar-refractivity contribution in [3.05, 3.63) is 50.9 Å². The van der Waals surface area contributed by atoms with Gasteiger partial charge in [-0.15, -0.1) is 11.3 Å². The summed E-state index contributed by atoms with van der Waals surface area (Å²) in [5.41, 5.74) is 4.35. The van der Waals surface area contributed by atoms with E-state index >= 15 is 0 Å². The summed E-state index contributed by atoms with van der Waals surface area (Å²) in [5.74, 6) is 0. The lowest BCUT2D eigenvalue weighted by Gasteiger charge is -2.21. The minimum atomic E-state index is 0.354. The molecule has 1 aromatic carbocycles. The molecule has 0 amide bonds. The average Bonchev–Trinajstić information content (AvgIpc) is 2.87. The molecule has 21 heavy (non-hydrogen) atoms. The van der Waals surface area contributed by atoms with Crippen LogP contribution in [0.1, 0.15) is 28.6 Å². The van der Waals surface area contributed by atoms with E-state index in [1.54, 1.807) is 11.3 Å². The number of halogens is 1. The van der Waals surface area contributed by atoms with Crippen LogP contribution < -0.4 is 5.32 Å². The van der Waals surface area contributed by atoms with Gasteiger partial charge in [0.1, 0.15) is 0 Å². The van der Waals surface area contributed by atoms with E-state index < -0.39 is 0 Å².